The minimum absolute atomic E-state index is 0.0977. The molecule has 29 heavy (non-hydrogen) atoms. The van der Waals surface area contributed by atoms with Crippen LogP contribution < -0.4 is 15.2 Å². The van der Waals surface area contributed by atoms with Crippen molar-refractivity contribution in [1.82, 2.24) is 4.90 Å². The van der Waals surface area contributed by atoms with E-state index in [2.05, 4.69) is 55.3 Å². The molecule has 0 amide bonds. The van der Waals surface area contributed by atoms with Gasteiger partial charge < -0.3 is 20.1 Å². The van der Waals surface area contributed by atoms with Gasteiger partial charge in [0.2, 0.25) is 0 Å². The number of aryl methyl sites for hydroxylation is 2. The highest BCUT2D eigenvalue weighted by molar-refractivity contribution is 5.45. The smallest absolute Gasteiger partial charge is 0.122 e. The molecule has 5 rings (SSSR count). The van der Waals surface area contributed by atoms with Crippen molar-refractivity contribution in [2.75, 3.05) is 26.8 Å². The molecule has 0 spiro atoms. The van der Waals surface area contributed by atoms with Crippen molar-refractivity contribution in [2.24, 2.45) is 5.73 Å². The highest BCUT2D eigenvalue weighted by Crippen LogP contribution is 2.32. The molecular formula is C25H34N2O2. The average Bonchev–Trinajstić information content (AvgIpc) is 3.15. The zero-order valence-electron chi connectivity index (χ0n) is 17.8. The zero-order chi connectivity index (χ0) is 20.2. The van der Waals surface area contributed by atoms with Gasteiger partial charge in [-0.15, -0.1) is 0 Å². The molecule has 0 bridgehead atoms. The largest absolute Gasteiger partial charge is 0.493 e. The molecule has 3 heterocycles. The van der Waals surface area contributed by atoms with Crippen LogP contribution in [0, 0.1) is 0 Å². The summed E-state index contributed by atoms with van der Waals surface area (Å²) in [6, 6.07) is 13.5. The molecule has 2 aromatic rings. The van der Waals surface area contributed by atoms with Crippen LogP contribution in [0.15, 0.2) is 36.4 Å². The lowest BCUT2D eigenvalue weighted by atomic mass is 9.93. The Morgan fingerprint density at radius 2 is 1.45 bits per heavy atom. The summed E-state index contributed by atoms with van der Waals surface area (Å²) in [5.41, 5.74) is 11.4. The number of nitrogens with zero attached hydrogens (tertiary/aromatic N) is 1. The van der Waals surface area contributed by atoms with E-state index in [1.165, 1.54) is 30.5 Å². The standard InChI is InChI=1S/C19H21NO2.C6H13N/c20-19(15-5-7-17-13(11-15)3-1-9-21-17)16-6-8-18-14(12-16)4-2-10-22-18;1-6-4-3-5-7(6)2/h5-8,11-12,19H,1-4,9-10,20H2;6H,3-5H2,1-2H3. The molecule has 0 saturated carbocycles. The first-order chi connectivity index (χ1) is 14.1. The fraction of sp³-hybridized carbons (Fsp3) is 0.520. The fourth-order valence-corrected chi connectivity index (χ4v) is 4.42. The Labute approximate surface area is 175 Å². The lowest BCUT2D eigenvalue weighted by molar-refractivity contribution is 0.288. The molecule has 1 fully saturated rings. The van der Waals surface area contributed by atoms with E-state index in [0.29, 0.717) is 0 Å². The minimum atomic E-state index is -0.0977. The summed E-state index contributed by atoms with van der Waals surface area (Å²) in [6.07, 6.45) is 7.12. The SMILES string of the molecule is CC1CCCN1C.NC(c1ccc2c(c1)CCCO2)c1ccc2c(c1)CCCO2. The molecule has 0 radical (unpaired) electrons. The quantitative estimate of drug-likeness (QED) is 0.816. The third-order valence-electron chi connectivity index (χ3n) is 6.47. The molecule has 1 saturated heterocycles. The minimum Gasteiger partial charge on any atom is -0.493 e. The molecule has 1 unspecified atom stereocenters. The van der Waals surface area contributed by atoms with Gasteiger partial charge >= 0.3 is 0 Å². The van der Waals surface area contributed by atoms with Gasteiger partial charge in [0.15, 0.2) is 0 Å². The van der Waals surface area contributed by atoms with Crippen molar-refractivity contribution in [2.45, 2.75) is 57.5 Å². The molecule has 2 N–H and O–H groups in total. The average molecular weight is 395 g/mol. The van der Waals surface area contributed by atoms with Gasteiger partial charge in [0.25, 0.3) is 0 Å². The van der Waals surface area contributed by atoms with Crippen molar-refractivity contribution in [3.63, 3.8) is 0 Å². The Morgan fingerprint density at radius 3 is 1.86 bits per heavy atom. The van der Waals surface area contributed by atoms with Gasteiger partial charge in [-0.1, -0.05) is 24.3 Å². The molecule has 3 aliphatic heterocycles. The van der Waals surface area contributed by atoms with Crippen LogP contribution in [0.4, 0.5) is 0 Å². The number of likely N-dealkylation sites (tertiary alicyclic amines) is 1. The van der Waals surface area contributed by atoms with Gasteiger partial charge in [0.05, 0.1) is 19.3 Å². The summed E-state index contributed by atoms with van der Waals surface area (Å²) in [6.45, 7) is 5.24. The predicted octanol–water partition coefficient (Wildman–Crippen LogP) is 4.49. The molecule has 1 atom stereocenters. The van der Waals surface area contributed by atoms with Crippen LogP contribution in [-0.4, -0.2) is 37.7 Å². The Bertz CT molecular complexity index is 768. The lowest BCUT2D eigenvalue weighted by Gasteiger charge is -2.22. The van der Waals surface area contributed by atoms with Gasteiger partial charge in [-0.3, -0.25) is 0 Å². The van der Waals surface area contributed by atoms with E-state index >= 15 is 0 Å². The number of hydrogen-bond acceptors (Lipinski definition) is 4. The first-order valence-electron chi connectivity index (χ1n) is 11.1. The summed E-state index contributed by atoms with van der Waals surface area (Å²) in [4.78, 5) is 2.40. The van der Waals surface area contributed by atoms with Crippen LogP contribution >= 0.6 is 0 Å². The number of benzene rings is 2. The number of fused-ring (bicyclic) bond motifs is 2. The van der Waals surface area contributed by atoms with Gasteiger partial charge in [-0.05, 0) is 93.4 Å². The van der Waals surface area contributed by atoms with E-state index in [-0.39, 0.29) is 6.04 Å². The van der Waals surface area contributed by atoms with Crippen LogP contribution in [0.1, 0.15) is 60.9 Å². The van der Waals surface area contributed by atoms with Crippen molar-refractivity contribution in [1.29, 1.82) is 0 Å². The second-order valence-corrected chi connectivity index (χ2v) is 8.59. The Balaban J connectivity index is 0.000000249. The third-order valence-corrected chi connectivity index (χ3v) is 6.47. The van der Waals surface area contributed by atoms with E-state index in [1.54, 1.807) is 0 Å². The Kier molecular flexibility index (Phi) is 6.41. The van der Waals surface area contributed by atoms with Crippen LogP contribution in [0.25, 0.3) is 0 Å². The number of hydrogen-bond donors (Lipinski definition) is 1. The number of ether oxygens (including phenoxy) is 2. The summed E-state index contributed by atoms with van der Waals surface area (Å²) in [5, 5.41) is 0. The molecular weight excluding hydrogens is 360 g/mol. The monoisotopic (exact) mass is 394 g/mol. The highest BCUT2D eigenvalue weighted by Gasteiger charge is 2.17. The molecule has 0 aliphatic carbocycles. The van der Waals surface area contributed by atoms with Gasteiger partial charge in [-0.25, -0.2) is 0 Å². The predicted molar refractivity (Wildman–Crippen MR) is 118 cm³/mol. The maximum atomic E-state index is 6.50. The molecule has 3 aliphatic rings. The van der Waals surface area contributed by atoms with Gasteiger partial charge in [-0.2, -0.15) is 0 Å². The first kappa shape index (κ1) is 20.2. The Morgan fingerprint density at radius 1 is 0.897 bits per heavy atom. The topological polar surface area (TPSA) is 47.7 Å². The highest BCUT2D eigenvalue weighted by atomic mass is 16.5. The molecule has 156 valence electrons. The van der Waals surface area contributed by atoms with Crippen molar-refractivity contribution in [3.8, 4) is 11.5 Å². The van der Waals surface area contributed by atoms with E-state index in [9.17, 15) is 0 Å². The number of rotatable bonds is 2. The van der Waals surface area contributed by atoms with Gasteiger partial charge in [0, 0.05) is 6.04 Å². The van der Waals surface area contributed by atoms with Crippen LogP contribution in [-0.2, 0) is 12.8 Å². The van der Waals surface area contributed by atoms with Crippen LogP contribution in [0.2, 0.25) is 0 Å². The van der Waals surface area contributed by atoms with Gasteiger partial charge in [0.1, 0.15) is 11.5 Å². The lowest BCUT2D eigenvalue weighted by Crippen LogP contribution is -2.20. The van der Waals surface area contributed by atoms with Crippen LogP contribution in [0.5, 0.6) is 11.5 Å². The third kappa shape index (κ3) is 4.76. The van der Waals surface area contributed by atoms with Crippen LogP contribution in [0.3, 0.4) is 0 Å². The maximum absolute atomic E-state index is 6.50. The summed E-state index contributed by atoms with van der Waals surface area (Å²) >= 11 is 0. The van der Waals surface area contributed by atoms with E-state index in [1.807, 2.05) is 0 Å². The van der Waals surface area contributed by atoms with Crippen molar-refractivity contribution in [3.05, 3.63) is 58.7 Å². The Hall–Kier alpha value is -2.04. The summed E-state index contributed by atoms with van der Waals surface area (Å²) in [5.74, 6) is 2.03. The van der Waals surface area contributed by atoms with E-state index in [4.69, 9.17) is 15.2 Å². The molecule has 0 aromatic heterocycles. The zero-order valence-corrected chi connectivity index (χ0v) is 17.8. The molecule has 4 nitrogen and oxygen atoms in total. The van der Waals surface area contributed by atoms with Crippen molar-refractivity contribution >= 4 is 0 Å². The van der Waals surface area contributed by atoms with Crippen molar-refractivity contribution < 1.29 is 9.47 Å². The maximum Gasteiger partial charge on any atom is 0.122 e. The number of nitrogens with two attached hydrogens (primary N) is 1. The van der Waals surface area contributed by atoms with E-state index in [0.717, 1.165) is 67.6 Å². The second-order valence-electron chi connectivity index (χ2n) is 8.59. The fourth-order valence-electron chi connectivity index (χ4n) is 4.42. The normalized spacial score (nSPS) is 20.8. The first-order valence-corrected chi connectivity index (χ1v) is 11.1. The summed E-state index contributed by atoms with van der Waals surface area (Å²) < 4.78 is 11.4. The molecule has 4 heteroatoms. The summed E-state index contributed by atoms with van der Waals surface area (Å²) in [7, 11) is 2.19. The van der Waals surface area contributed by atoms with E-state index < -0.39 is 0 Å². The second kappa shape index (κ2) is 9.19. The molecule has 2 aromatic carbocycles.